The maximum Gasteiger partial charge on any atom is 0.151 e. The molecule has 2 nitrogen and oxygen atoms in total. The van der Waals surface area contributed by atoms with E-state index in [0.29, 0.717) is 21.9 Å². The maximum atomic E-state index is 13.6. The molecule has 0 fully saturated rings. The number of hydrogen-bond donors (Lipinski definition) is 1. The van der Waals surface area contributed by atoms with E-state index in [1.165, 1.54) is 6.07 Å². The van der Waals surface area contributed by atoms with Gasteiger partial charge >= 0.3 is 0 Å². The van der Waals surface area contributed by atoms with E-state index in [1.807, 2.05) is 25.1 Å². The number of rotatable bonds is 1. The number of fused-ring (bicyclic) bond motifs is 1. The molecule has 0 atom stereocenters. The normalized spacial score (nSPS) is 11.1. The maximum absolute atomic E-state index is 13.6. The fourth-order valence-corrected chi connectivity index (χ4v) is 2.30. The van der Waals surface area contributed by atoms with Crippen LogP contribution < -0.4 is 0 Å². The molecule has 1 aromatic heterocycles. The minimum absolute atomic E-state index is 0.325. The molecule has 0 aliphatic rings. The van der Waals surface area contributed by atoms with E-state index in [2.05, 4.69) is 9.97 Å². The van der Waals surface area contributed by atoms with E-state index in [9.17, 15) is 4.39 Å². The summed E-state index contributed by atoms with van der Waals surface area (Å²) < 4.78 is 13.6. The van der Waals surface area contributed by atoms with E-state index >= 15 is 0 Å². The highest BCUT2D eigenvalue weighted by atomic mass is 35.5. The van der Waals surface area contributed by atoms with Gasteiger partial charge in [-0.15, -0.1) is 0 Å². The summed E-state index contributed by atoms with van der Waals surface area (Å²) in [5.74, 6) is 0.300. The molecule has 3 aromatic rings. The second kappa shape index (κ2) is 4.10. The first-order chi connectivity index (χ1) is 8.63. The molecule has 0 saturated carbocycles. The van der Waals surface area contributed by atoms with Crippen LogP contribution in [0.25, 0.3) is 22.4 Å². The molecule has 1 heterocycles. The van der Waals surface area contributed by atoms with Crippen LogP contribution in [0.5, 0.6) is 0 Å². The Bertz CT molecular complexity index is 713. The molecule has 90 valence electrons. The molecule has 3 rings (SSSR count). The van der Waals surface area contributed by atoms with Gasteiger partial charge < -0.3 is 4.98 Å². The van der Waals surface area contributed by atoms with E-state index in [4.69, 9.17) is 11.6 Å². The van der Waals surface area contributed by atoms with Gasteiger partial charge in [-0.2, -0.15) is 0 Å². The molecule has 0 unspecified atom stereocenters. The second-order valence-electron chi connectivity index (χ2n) is 4.24. The number of nitrogens with zero attached hydrogens (tertiary/aromatic N) is 1. The third-order valence-corrected chi connectivity index (χ3v) is 3.00. The Labute approximate surface area is 108 Å². The van der Waals surface area contributed by atoms with Gasteiger partial charge in [-0.05, 0) is 42.8 Å². The topological polar surface area (TPSA) is 28.7 Å². The third-order valence-electron chi connectivity index (χ3n) is 2.78. The van der Waals surface area contributed by atoms with Crippen LogP contribution in [-0.2, 0) is 0 Å². The highest BCUT2D eigenvalue weighted by molar-refractivity contribution is 6.30. The van der Waals surface area contributed by atoms with Crippen molar-refractivity contribution in [3.63, 3.8) is 0 Å². The molecule has 0 radical (unpaired) electrons. The number of benzene rings is 2. The summed E-state index contributed by atoms with van der Waals surface area (Å²) in [4.78, 5) is 7.37. The van der Waals surface area contributed by atoms with Gasteiger partial charge in [0, 0.05) is 10.6 Å². The van der Waals surface area contributed by atoms with Gasteiger partial charge in [0.1, 0.15) is 11.3 Å². The van der Waals surface area contributed by atoms with Crippen LogP contribution in [0, 0.1) is 12.7 Å². The van der Waals surface area contributed by atoms with Gasteiger partial charge in [-0.1, -0.05) is 17.7 Å². The molecule has 0 amide bonds. The molecule has 2 aromatic carbocycles. The van der Waals surface area contributed by atoms with Crippen molar-refractivity contribution in [3.05, 3.63) is 52.8 Å². The monoisotopic (exact) mass is 260 g/mol. The van der Waals surface area contributed by atoms with Crippen molar-refractivity contribution >= 4 is 22.6 Å². The number of para-hydroxylation sites is 1. The minimum atomic E-state index is -0.325. The van der Waals surface area contributed by atoms with Crippen LogP contribution in [0.2, 0.25) is 5.02 Å². The van der Waals surface area contributed by atoms with Gasteiger partial charge in [-0.25, -0.2) is 9.37 Å². The second-order valence-corrected chi connectivity index (χ2v) is 4.68. The lowest BCUT2D eigenvalue weighted by Gasteiger charge is -2.00. The summed E-state index contributed by atoms with van der Waals surface area (Å²) in [6, 6.07) is 10.5. The first-order valence-corrected chi connectivity index (χ1v) is 5.93. The van der Waals surface area contributed by atoms with Crippen molar-refractivity contribution in [1.29, 1.82) is 0 Å². The Hall–Kier alpha value is -1.87. The number of aromatic amines is 1. The van der Waals surface area contributed by atoms with Crippen molar-refractivity contribution in [2.75, 3.05) is 0 Å². The lowest BCUT2D eigenvalue weighted by Crippen LogP contribution is -1.82. The largest absolute Gasteiger partial charge is 0.338 e. The van der Waals surface area contributed by atoms with Crippen molar-refractivity contribution < 1.29 is 4.39 Å². The average molecular weight is 261 g/mol. The first kappa shape index (κ1) is 11.2. The predicted molar refractivity (Wildman–Crippen MR) is 71.2 cm³/mol. The first-order valence-electron chi connectivity index (χ1n) is 5.55. The van der Waals surface area contributed by atoms with Crippen LogP contribution in [0.15, 0.2) is 36.4 Å². The highest BCUT2D eigenvalue weighted by Crippen LogP contribution is 2.25. The van der Waals surface area contributed by atoms with Crippen LogP contribution in [0.1, 0.15) is 5.56 Å². The Balaban J connectivity index is 2.22. The summed E-state index contributed by atoms with van der Waals surface area (Å²) in [6.07, 6.45) is 0. The molecular formula is C14H10ClFN2. The highest BCUT2D eigenvalue weighted by Gasteiger charge is 2.09. The van der Waals surface area contributed by atoms with Gasteiger partial charge in [0.15, 0.2) is 5.82 Å². The molecule has 18 heavy (non-hydrogen) atoms. The van der Waals surface area contributed by atoms with Crippen molar-refractivity contribution in [1.82, 2.24) is 9.97 Å². The Morgan fingerprint density at radius 1 is 1.22 bits per heavy atom. The van der Waals surface area contributed by atoms with Crippen LogP contribution in [0.4, 0.5) is 4.39 Å². The number of hydrogen-bond acceptors (Lipinski definition) is 1. The van der Waals surface area contributed by atoms with Gasteiger partial charge in [0.05, 0.1) is 5.52 Å². The molecule has 0 aliphatic heterocycles. The molecule has 0 aliphatic carbocycles. The summed E-state index contributed by atoms with van der Waals surface area (Å²) in [6.45, 7) is 1.96. The Morgan fingerprint density at radius 2 is 2.06 bits per heavy atom. The number of aryl methyl sites for hydroxylation is 1. The van der Waals surface area contributed by atoms with Crippen molar-refractivity contribution in [2.45, 2.75) is 6.92 Å². The molecule has 0 saturated heterocycles. The van der Waals surface area contributed by atoms with Gasteiger partial charge in [0.2, 0.25) is 0 Å². The summed E-state index contributed by atoms with van der Waals surface area (Å²) >= 11 is 6.01. The van der Waals surface area contributed by atoms with Crippen molar-refractivity contribution in [3.8, 4) is 11.4 Å². The van der Waals surface area contributed by atoms with Crippen LogP contribution in [0.3, 0.4) is 0 Å². The zero-order valence-corrected chi connectivity index (χ0v) is 10.4. The zero-order valence-electron chi connectivity index (χ0n) is 9.67. The lowest BCUT2D eigenvalue weighted by atomic mass is 10.1. The quantitative estimate of drug-likeness (QED) is 0.693. The minimum Gasteiger partial charge on any atom is -0.338 e. The van der Waals surface area contributed by atoms with Gasteiger partial charge in [0.25, 0.3) is 0 Å². The van der Waals surface area contributed by atoms with Crippen LogP contribution in [-0.4, -0.2) is 9.97 Å². The van der Waals surface area contributed by atoms with E-state index in [0.717, 1.165) is 11.1 Å². The molecule has 1 N–H and O–H groups in total. The SMILES string of the molecule is Cc1cc(Cl)cc(-c2nc3c(F)cccc3[nH]2)c1. The average Bonchev–Trinajstić information content (AvgIpc) is 2.73. The molecule has 0 bridgehead atoms. The fraction of sp³-hybridized carbons (Fsp3) is 0.0714. The lowest BCUT2D eigenvalue weighted by molar-refractivity contribution is 0.637. The Morgan fingerprint density at radius 3 is 2.78 bits per heavy atom. The molecular weight excluding hydrogens is 251 g/mol. The standard InChI is InChI=1S/C14H10ClFN2/c1-8-5-9(7-10(15)6-8)14-17-12-4-2-3-11(16)13(12)18-14/h2-7H,1H3,(H,17,18). The molecule has 0 spiro atoms. The number of aromatic nitrogens is 2. The summed E-state index contributed by atoms with van der Waals surface area (Å²) in [5, 5.41) is 0.644. The van der Waals surface area contributed by atoms with Crippen molar-refractivity contribution in [2.24, 2.45) is 0 Å². The number of nitrogens with one attached hydrogen (secondary N) is 1. The third kappa shape index (κ3) is 1.87. The van der Waals surface area contributed by atoms with Gasteiger partial charge in [-0.3, -0.25) is 0 Å². The zero-order chi connectivity index (χ0) is 12.7. The number of halogens is 2. The van der Waals surface area contributed by atoms with Crippen LogP contribution >= 0.6 is 11.6 Å². The fourth-order valence-electron chi connectivity index (χ4n) is 2.01. The Kier molecular flexibility index (Phi) is 2.56. The van der Waals surface area contributed by atoms with E-state index in [-0.39, 0.29) is 5.82 Å². The smallest absolute Gasteiger partial charge is 0.151 e. The van der Waals surface area contributed by atoms with E-state index < -0.39 is 0 Å². The number of H-pyrrole nitrogens is 1. The summed E-state index contributed by atoms with van der Waals surface area (Å²) in [7, 11) is 0. The molecule has 4 heteroatoms. The van der Waals surface area contributed by atoms with E-state index in [1.54, 1.807) is 12.1 Å². The summed E-state index contributed by atoms with van der Waals surface area (Å²) in [5.41, 5.74) is 2.93. The number of imidazole rings is 1. The predicted octanol–water partition coefficient (Wildman–Crippen LogP) is 4.33.